The molecule has 3 rings (SSSR count). The zero-order chi connectivity index (χ0) is 20.5. The van der Waals surface area contributed by atoms with Crippen molar-refractivity contribution in [3.05, 3.63) is 70.8 Å². The smallest absolute Gasteiger partial charge is 0.0790 e. The highest BCUT2D eigenvalue weighted by Crippen LogP contribution is 2.29. The highest BCUT2D eigenvalue weighted by Gasteiger charge is 2.18. The van der Waals surface area contributed by atoms with Crippen LogP contribution in [-0.4, -0.2) is 16.6 Å². The third-order valence-electron chi connectivity index (χ3n) is 6.42. The lowest BCUT2D eigenvalue weighted by molar-refractivity contribution is 0.154. The Morgan fingerprint density at radius 3 is 2.38 bits per heavy atom. The van der Waals surface area contributed by atoms with Gasteiger partial charge in [-0.2, -0.15) is 0 Å². The highest BCUT2D eigenvalue weighted by atomic mass is 16.3. The normalized spacial score (nSPS) is 15.9. The van der Waals surface area contributed by atoms with E-state index in [0.29, 0.717) is 0 Å². The lowest BCUT2D eigenvalue weighted by atomic mass is 9.90. The van der Waals surface area contributed by atoms with Crippen molar-refractivity contribution >= 4 is 0 Å². The molecule has 0 aliphatic carbocycles. The molecule has 0 saturated heterocycles. The lowest BCUT2D eigenvalue weighted by Crippen LogP contribution is -2.22. The molecule has 1 aliphatic rings. The fraction of sp³-hybridized carbons (Fsp3) is 0.556. The van der Waals surface area contributed by atoms with E-state index in [1.165, 1.54) is 48.8 Å². The van der Waals surface area contributed by atoms with Gasteiger partial charge in [-0.25, -0.2) is 0 Å². The van der Waals surface area contributed by atoms with E-state index in [4.69, 9.17) is 0 Å². The van der Waals surface area contributed by atoms with E-state index in [1.54, 1.807) is 0 Å². The van der Waals surface area contributed by atoms with E-state index in [-0.39, 0.29) is 6.10 Å². The first-order valence-electron chi connectivity index (χ1n) is 11.8. The average molecular weight is 394 g/mol. The Labute approximate surface area is 178 Å². The Morgan fingerprint density at radius 2 is 1.66 bits per heavy atom. The maximum atomic E-state index is 10.9. The third kappa shape index (κ3) is 6.69. The predicted molar refractivity (Wildman–Crippen MR) is 123 cm³/mol. The second-order valence-corrected chi connectivity index (χ2v) is 8.86. The van der Waals surface area contributed by atoms with Crippen LogP contribution in [-0.2, 0) is 19.5 Å². The molecular formula is C27H39NO. The number of hydrogen-bond donors (Lipinski definition) is 1. The fourth-order valence-corrected chi connectivity index (χ4v) is 4.84. The van der Waals surface area contributed by atoms with Gasteiger partial charge in [-0.1, -0.05) is 88.1 Å². The molecular weight excluding hydrogens is 354 g/mol. The lowest BCUT2D eigenvalue weighted by Gasteiger charge is -2.22. The van der Waals surface area contributed by atoms with Crippen LogP contribution in [0.4, 0.5) is 0 Å². The van der Waals surface area contributed by atoms with Crippen LogP contribution in [0.25, 0.3) is 0 Å². The van der Waals surface area contributed by atoms with Crippen molar-refractivity contribution in [2.75, 3.05) is 6.54 Å². The van der Waals surface area contributed by atoms with Crippen molar-refractivity contribution in [2.45, 2.75) is 84.4 Å². The summed E-state index contributed by atoms with van der Waals surface area (Å²) >= 11 is 0. The van der Waals surface area contributed by atoms with Crippen LogP contribution in [0.3, 0.4) is 0 Å². The number of aliphatic hydroxyl groups is 1. The molecule has 1 unspecified atom stereocenters. The molecule has 158 valence electrons. The van der Waals surface area contributed by atoms with Gasteiger partial charge in [0, 0.05) is 13.1 Å². The summed E-state index contributed by atoms with van der Waals surface area (Å²) in [6.45, 7) is 7.67. The van der Waals surface area contributed by atoms with Gasteiger partial charge in [0.25, 0.3) is 0 Å². The van der Waals surface area contributed by atoms with Crippen molar-refractivity contribution in [3.63, 3.8) is 0 Å². The Kier molecular flexibility index (Phi) is 8.76. The Bertz CT molecular complexity index is 721. The van der Waals surface area contributed by atoms with Crippen molar-refractivity contribution in [1.29, 1.82) is 0 Å². The Morgan fingerprint density at radius 1 is 0.897 bits per heavy atom. The van der Waals surface area contributed by atoms with Crippen molar-refractivity contribution in [2.24, 2.45) is 5.92 Å². The molecule has 29 heavy (non-hydrogen) atoms. The zero-order valence-corrected chi connectivity index (χ0v) is 18.4. The van der Waals surface area contributed by atoms with Gasteiger partial charge < -0.3 is 5.11 Å². The first-order chi connectivity index (χ1) is 14.2. The first kappa shape index (κ1) is 22.1. The summed E-state index contributed by atoms with van der Waals surface area (Å²) in [5, 5.41) is 10.9. The van der Waals surface area contributed by atoms with E-state index >= 15 is 0 Å². The first-order valence-corrected chi connectivity index (χ1v) is 11.8. The van der Waals surface area contributed by atoms with Crippen LogP contribution < -0.4 is 0 Å². The summed E-state index contributed by atoms with van der Waals surface area (Å²) in [4.78, 5) is 2.55. The molecule has 0 bridgehead atoms. The molecule has 1 aliphatic heterocycles. The largest absolute Gasteiger partial charge is 0.388 e. The highest BCUT2D eigenvalue weighted by molar-refractivity contribution is 5.34. The number of aryl methyl sites for hydroxylation is 1. The van der Waals surface area contributed by atoms with Gasteiger partial charge in [-0.3, -0.25) is 4.90 Å². The zero-order valence-electron chi connectivity index (χ0n) is 18.4. The maximum absolute atomic E-state index is 10.9. The number of nitrogens with zero attached hydrogens (tertiary/aromatic N) is 1. The predicted octanol–water partition coefficient (Wildman–Crippen LogP) is 6.67. The SMILES string of the molecule is CCCC(CCC)CCC(O)c1ccc2c(c1)CN(Cc1ccccc1)CCC2. The molecule has 2 heteroatoms. The molecule has 0 aromatic heterocycles. The van der Waals surface area contributed by atoms with Gasteiger partial charge in [-0.05, 0) is 60.4 Å². The van der Waals surface area contributed by atoms with Crippen LogP contribution in [0.1, 0.15) is 87.2 Å². The van der Waals surface area contributed by atoms with Crippen LogP contribution in [0.2, 0.25) is 0 Å². The van der Waals surface area contributed by atoms with Crippen molar-refractivity contribution in [1.82, 2.24) is 4.90 Å². The summed E-state index contributed by atoms with van der Waals surface area (Å²) in [6, 6.07) is 17.5. The molecule has 0 spiro atoms. The summed E-state index contributed by atoms with van der Waals surface area (Å²) < 4.78 is 0. The Balaban J connectivity index is 1.64. The summed E-state index contributed by atoms with van der Waals surface area (Å²) in [5.41, 5.74) is 5.36. The van der Waals surface area contributed by atoms with E-state index < -0.39 is 0 Å². The second kappa shape index (κ2) is 11.5. The van der Waals surface area contributed by atoms with E-state index in [2.05, 4.69) is 67.3 Å². The quantitative estimate of drug-likeness (QED) is 0.487. The van der Waals surface area contributed by atoms with Gasteiger partial charge in [-0.15, -0.1) is 0 Å². The van der Waals surface area contributed by atoms with E-state index in [0.717, 1.165) is 50.4 Å². The molecule has 2 aromatic rings. The maximum Gasteiger partial charge on any atom is 0.0790 e. The second-order valence-electron chi connectivity index (χ2n) is 8.86. The summed E-state index contributed by atoms with van der Waals surface area (Å²) in [7, 11) is 0. The molecule has 0 radical (unpaired) electrons. The topological polar surface area (TPSA) is 23.5 Å². The third-order valence-corrected chi connectivity index (χ3v) is 6.42. The van der Waals surface area contributed by atoms with Crippen LogP contribution >= 0.6 is 0 Å². The van der Waals surface area contributed by atoms with Gasteiger partial charge in [0.1, 0.15) is 0 Å². The standard InChI is InChI=1S/C27H39NO/c1-3-9-22(10-4-2)14-17-27(29)25-16-15-24-13-8-18-28(21-26(24)19-25)20-23-11-6-5-7-12-23/h5-7,11-12,15-16,19,22,27,29H,3-4,8-10,13-14,17-18,20-21H2,1-2H3. The summed E-state index contributed by atoms with van der Waals surface area (Å²) in [6.07, 6.45) is 9.12. The number of hydrogen-bond acceptors (Lipinski definition) is 2. The molecule has 1 atom stereocenters. The molecule has 1 N–H and O–H groups in total. The minimum atomic E-state index is -0.331. The van der Waals surface area contributed by atoms with Gasteiger partial charge in [0.2, 0.25) is 0 Å². The van der Waals surface area contributed by atoms with Crippen molar-refractivity contribution in [3.8, 4) is 0 Å². The van der Waals surface area contributed by atoms with Gasteiger partial charge >= 0.3 is 0 Å². The molecule has 0 amide bonds. The van der Waals surface area contributed by atoms with Gasteiger partial charge in [0.15, 0.2) is 0 Å². The minimum absolute atomic E-state index is 0.331. The number of aliphatic hydroxyl groups excluding tert-OH is 1. The molecule has 2 nitrogen and oxygen atoms in total. The fourth-order valence-electron chi connectivity index (χ4n) is 4.84. The molecule has 0 saturated carbocycles. The molecule has 1 heterocycles. The van der Waals surface area contributed by atoms with Crippen molar-refractivity contribution < 1.29 is 5.11 Å². The number of benzene rings is 2. The van der Waals surface area contributed by atoms with E-state index in [1.807, 2.05) is 0 Å². The number of fused-ring (bicyclic) bond motifs is 1. The van der Waals surface area contributed by atoms with Crippen LogP contribution in [0.5, 0.6) is 0 Å². The number of rotatable bonds is 10. The van der Waals surface area contributed by atoms with Gasteiger partial charge in [0.05, 0.1) is 6.10 Å². The molecule has 0 fully saturated rings. The summed E-state index contributed by atoms with van der Waals surface area (Å²) in [5.74, 6) is 0.766. The molecule has 2 aromatic carbocycles. The average Bonchev–Trinajstić information content (AvgIpc) is 2.94. The monoisotopic (exact) mass is 393 g/mol. The van der Waals surface area contributed by atoms with Crippen LogP contribution in [0.15, 0.2) is 48.5 Å². The minimum Gasteiger partial charge on any atom is -0.388 e. The van der Waals surface area contributed by atoms with Crippen LogP contribution in [0, 0.1) is 5.92 Å². The van der Waals surface area contributed by atoms with E-state index in [9.17, 15) is 5.11 Å². The Hall–Kier alpha value is -1.64.